The zero-order chi connectivity index (χ0) is 15.4. The van der Waals surface area contributed by atoms with E-state index in [9.17, 15) is 4.79 Å². The lowest BCUT2D eigenvalue weighted by Crippen LogP contribution is -2.42. The molecule has 0 aliphatic rings. The van der Waals surface area contributed by atoms with E-state index in [4.69, 9.17) is 0 Å². The number of aryl methyl sites for hydroxylation is 1. The number of ketones is 1. The van der Waals surface area contributed by atoms with Gasteiger partial charge >= 0.3 is 0 Å². The highest BCUT2D eigenvalue weighted by Gasteiger charge is 2.23. The largest absolute Gasteiger partial charge is 0.294 e. The van der Waals surface area contributed by atoms with E-state index in [-0.39, 0.29) is 11.8 Å². The lowest BCUT2D eigenvalue weighted by atomic mass is 10.0. The quantitative estimate of drug-likeness (QED) is 0.746. The van der Waals surface area contributed by atoms with Gasteiger partial charge in [0.25, 0.3) is 0 Å². The molecule has 1 aromatic heterocycles. The molecule has 0 fully saturated rings. The van der Waals surface area contributed by atoms with Crippen LogP contribution in [-0.4, -0.2) is 29.8 Å². The zero-order valence-corrected chi connectivity index (χ0v) is 14.0. The van der Waals surface area contributed by atoms with E-state index in [1.807, 2.05) is 45.2 Å². The van der Waals surface area contributed by atoms with Crippen LogP contribution in [0.5, 0.6) is 0 Å². The van der Waals surface area contributed by atoms with E-state index in [1.165, 1.54) is 10.4 Å². The van der Waals surface area contributed by atoms with Crippen molar-refractivity contribution in [1.82, 2.24) is 4.90 Å². The molecule has 0 saturated heterocycles. The van der Waals surface area contributed by atoms with Crippen LogP contribution in [0, 0.1) is 6.92 Å². The summed E-state index contributed by atoms with van der Waals surface area (Å²) >= 11 is 1.78. The molecule has 0 aliphatic heterocycles. The molecule has 0 spiro atoms. The van der Waals surface area contributed by atoms with Crippen LogP contribution in [0.1, 0.15) is 34.6 Å². The second-order valence-electron chi connectivity index (χ2n) is 5.70. The van der Waals surface area contributed by atoms with Crippen molar-refractivity contribution in [2.75, 3.05) is 7.05 Å². The molecule has 1 heterocycles. The fourth-order valence-corrected chi connectivity index (χ4v) is 3.22. The zero-order valence-electron chi connectivity index (χ0n) is 13.2. The molecule has 1 aromatic carbocycles. The maximum absolute atomic E-state index is 12.6. The minimum Gasteiger partial charge on any atom is -0.294 e. The van der Waals surface area contributed by atoms with E-state index >= 15 is 0 Å². The highest BCUT2D eigenvalue weighted by Crippen LogP contribution is 2.17. The van der Waals surface area contributed by atoms with Crippen LogP contribution in [0.4, 0.5) is 0 Å². The Labute approximate surface area is 131 Å². The van der Waals surface area contributed by atoms with Crippen molar-refractivity contribution in [3.05, 3.63) is 57.8 Å². The van der Waals surface area contributed by atoms with E-state index in [2.05, 4.69) is 29.3 Å². The first-order valence-corrected chi connectivity index (χ1v) is 8.22. The number of nitrogens with zero attached hydrogens (tertiary/aromatic N) is 1. The molecule has 0 radical (unpaired) electrons. The Balaban J connectivity index is 2.02. The van der Waals surface area contributed by atoms with Gasteiger partial charge in [-0.15, -0.1) is 11.3 Å². The van der Waals surface area contributed by atoms with Crippen molar-refractivity contribution in [3.63, 3.8) is 0 Å². The van der Waals surface area contributed by atoms with Gasteiger partial charge < -0.3 is 0 Å². The Kier molecular flexibility index (Phi) is 5.32. The molecule has 0 amide bonds. The molecule has 0 aliphatic carbocycles. The topological polar surface area (TPSA) is 20.3 Å². The van der Waals surface area contributed by atoms with Gasteiger partial charge in [-0.3, -0.25) is 9.69 Å². The van der Waals surface area contributed by atoms with Crippen LogP contribution in [-0.2, 0) is 6.42 Å². The maximum Gasteiger partial charge on any atom is 0.179 e. The predicted octanol–water partition coefficient (Wildman–Crippen LogP) is 4.19. The van der Waals surface area contributed by atoms with Gasteiger partial charge in [0.1, 0.15) is 0 Å². The molecule has 112 valence electrons. The first kappa shape index (κ1) is 15.9. The van der Waals surface area contributed by atoms with Crippen LogP contribution >= 0.6 is 11.3 Å². The number of rotatable bonds is 6. The summed E-state index contributed by atoms with van der Waals surface area (Å²) in [7, 11) is 2.04. The van der Waals surface area contributed by atoms with Crippen molar-refractivity contribution in [2.24, 2.45) is 0 Å². The monoisotopic (exact) mass is 301 g/mol. The SMILES string of the molecule is Cc1ccc(C(=O)C(C)N(C)C(C)Cc2cccs2)cc1. The van der Waals surface area contributed by atoms with Crippen LogP contribution in [0.2, 0.25) is 0 Å². The second kappa shape index (κ2) is 7.01. The third kappa shape index (κ3) is 4.02. The van der Waals surface area contributed by atoms with Gasteiger partial charge in [0, 0.05) is 16.5 Å². The van der Waals surface area contributed by atoms with Crippen molar-refractivity contribution in [3.8, 4) is 0 Å². The summed E-state index contributed by atoms with van der Waals surface area (Å²) in [5.74, 6) is 0.190. The van der Waals surface area contributed by atoms with Gasteiger partial charge in [-0.1, -0.05) is 35.9 Å². The van der Waals surface area contributed by atoms with Gasteiger partial charge in [0.2, 0.25) is 0 Å². The summed E-state index contributed by atoms with van der Waals surface area (Å²) < 4.78 is 0. The molecule has 2 nitrogen and oxygen atoms in total. The van der Waals surface area contributed by atoms with Gasteiger partial charge in [-0.2, -0.15) is 0 Å². The van der Waals surface area contributed by atoms with E-state index in [1.54, 1.807) is 11.3 Å². The number of carbonyl (C=O) groups is 1. The standard InChI is InChI=1S/C18H23NOS/c1-13-7-9-16(10-8-13)18(20)15(3)19(4)14(2)12-17-6-5-11-21-17/h5-11,14-15H,12H2,1-4H3. The summed E-state index contributed by atoms with van der Waals surface area (Å²) in [5.41, 5.74) is 1.97. The number of hydrogen-bond donors (Lipinski definition) is 0. The number of Topliss-reactive ketones (excluding diaryl/α,β-unsaturated/α-hetero) is 1. The minimum atomic E-state index is -0.109. The Morgan fingerprint density at radius 1 is 1.19 bits per heavy atom. The van der Waals surface area contributed by atoms with Gasteiger partial charge in [0.05, 0.1) is 6.04 Å². The Morgan fingerprint density at radius 3 is 2.43 bits per heavy atom. The fraction of sp³-hybridized carbons (Fsp3) is 0.389. The Bertz CT molecular complexity index is 574. The first-order valence-electron chi connectivity index (χ1n) is 7.34. The van der Waals surface area contributed by atoms with Crippen molar-refractivity contribution in [2.45, 2.75) is 39.3 Å². The van der Waals surface area contributed by atoms with Crippen molar-refractivity contribution >= 4 is 17.1 Å². The first-order chi connectivity index (χ1) is 9.99. The van der Waals surface area contributed by atoms with Crippen LogP contribution < -0.4 is 0 Å². The third-order valence-corrected chi connectivity index (χ3v) is 5.00. The summed E-state index contributed by atoms with van der Waals surface area (Å²) in [5, 5.41) is 2.10. The minimum absolute atomic E-state index is 0.109. The molecule has 2 aromatic rings. The summed E-state index contributed by atoms with van der Waals surface area (Å²) in [4.78, 5) is 16.1. The lowest BCUT2D eigenvalue weighted by molar-refractivity contribution is 0.0826. The smallest absolute Gasteiger partial charge is 0.179 e. The molecule has 2 unspecified atom stereocenters. The lowest BCUT2D eigenvalue weighted by Gasteiger charge is -2.29. The number of benzene rings is 1. The van der Waals surface area contributed by atoms with Crippen molar-refractivity contribution < 1.29 is 4.79 Å². The predicted molar refractivity (Wildman–Crippen MR) is 90.2 cm³/mol. The number of likely N-dealkylation sites (N-methyl/N-ethyl adjacent to an activating group) is 1. The number of hydrogen-bond acceptors (Lipinski definition) is 3. The molecule has 0 saturated carbocycles. The molecular formula is C18H23NOS. The number of carbonyl (C=O) groups excluding carboxylic acids is 1. The molecule has 2 atom stereocenters. The van der Waals surface area contributed by atoms with Crippen LogP contribution in [0.25, 0.3) is 0 Å². The molecular weight excluding hydrogens is 278 g/mol. The molecule has 0 N–H and O–H groups in total. The highest BCUT2D eigenvalue weighted by atomic mass is 32.1. The maximum atomic E-state index is 12.6. The fourth-order valence-electron chi connectivity index (χ4n) is 2.39. The summed E-state index contributed by atoms with van der Waals surface area (Å²) in [6.07, 6.45) is 0.986. The molecule has 3 heteroatoms. The van der Waals surface area contributed by atoms with Gasteiger partial charge in [0.15, 0.2) is 5.78 Å². The van der Waals surface area contributed by atoms with E-state index in [0.717, 1.165) is 12.0 Å². The normalized spacial score (nSPS) is 14.1. The second-order valence-corrected chi connectivity index (χ2v) is 6.74. The van der Waals surface area contributed by atoms with Gasteiger partial charge in [-0.05, 0) is 45.7 Å². The summed E-state index contributed by atoms with van der Waals surface area (Å²) in [6.45, 7) is 6.21. The average molecular weight is 301 g/mol. The molecule has 2 rings (SSSR count). The van der Waals surface area contributed by atoms with Crippen LogP contribution in [0.15, 0.2) is 41.8 Å². The molecule has 0 bridgehead atoms. The Hall–Kier alpha value is -1.45. The number of thiophene rings is 1. The average Bonchev–Trinajstić information content (AvgIpc) is 2.98. The van der Waals surface area contributed by atoms with Crippen LogP contribution in [0.3, 0.4) is 0 Å². The summed E-state index contributed by atoms with van der Waals surface area (Å²) in [6, 6.07) is 12.3. The van der Waals surface area contributed by atoms with E-state index in [0.29, 0.717) is 6.04 Å². The molecule has 21 heavy (non-hydrogen) atoms. The third-order valence-electron chi connectivity index (χ3n) is 4.10. The Morgan fingerprint density at radius 2 is 1.86 bits per heavy atom. The van der Waals surface area contributed by atoms with Gasteiger partial charge in [-0.25, -0.2) is 0 Å². The van der Waals surface area contributed by atoms with Crippen molar-refractivity contribution in [1.29, 1.82) is 0 Å². The van der Waals surface area contributed by atoms with E-state index < -0.39 is 0 Å². The highest BCUT2D eigenvalue weighted by molar-refractivity contribution is 7.09.